The molecule has 2 amide bonds. The lowest BCUT2D eigenvalue weighted by Gasteiger charge is -2.10. The van der Waals surface area contributed by atoms with E-state index in [1.807, 2.05) is 0 Å². The molecular weight excluding hydrogens is 428 g/mol. The van der Waals surface area contributed by atoms with Crippen LogP contribution in [-0.4, -0.2) is 29.9 Å². The Hall–Kier alpha value is -3.52. The number of nitrogens with one attached hydrogen (secondary N) is 2. The standard InChI is InChI=1S/C22H18ClF2N3O3/c1-13(8-9-26-21(29)12-31-16-4-5-17(23)18(25)11-16)27-22(30)20-6-2-14-10-15(24)3-7-19(14)28-20/h2-7,10-11H,1,8-9,12H2,(H,26,29)(H,27,30). The van der Waals surface area contributed by atoms with Crippen molar-refractivity contribution in [3.05, 3.63) is 83.2 Å². The van der Waals surface area contributed by atoms with Crippen LogP contribution in [0, 0.1) is 11.6 Å². The van der Waals surface area contributed by atoms with Crippen molar-refractivity contribution in [3.8, 4) is 5.75 Å². The van der Waals surface area contributed by atoms with Gasteiger partial charge in [0.2, 0.25) is 0 Å². The van der Waals surface area contributed by atoms with Crippen LogP contribution < -0.4 is 15.4 Å². The van der Waals surface area contributed by atoms with E-state index in [1.165, 1.54) is 36.4 Å². The molecule has 0 aliphatic carbocycles. The van der Waals surface area contributed by atoms with Crippen LogP contribution in [-0.2, 0) is 4.79 Å². The molecule has 1 aromatic heterocycles. The van der Waals surface area contributed by atoms with Gasteiger partial charge in [0.1, 0.15) is 23.1 Å². The number of carbonyl (C=O) groups excluding carboxylic acids is 2. The summed E-state index contributed by atoms with van der Waals surface area (Å²) in [5.41, 5.74) is 1.03. The Morgan fingerprint density at radius 3 is 2.68 bits per heavy atom. The summed E-state index contributed by atoms with van der Waals surface area (Å²) >= 11 is 5.58. The third kappa shape index (κ3) is 6.23. The highest BCUT2D eigenvalue weighted by molar-refractivity contribution is 6.30. The van der Waals surface area contributed by atoms with E-state index in [0.29, 0.717) is 16.6 Å². The van der Waals surface area contributed by atoms with Gasteiger partial charge in [-0.3, -0.25) is 9.59 Å². The van der Waals surface area contributed by atoms with E-state index in [2.05, 4.69) is 22.2 Å². The molecule has 0 bridgehead atoms. The van der Waals surface area contributed by atoms with Crippen molar-refractivity contribution in [2.45, 2.75) is 6.42 Å². The lowest BCUT2D eigenvalue weighted by atomic mass is 10.2. The second kappa shape index (κ2) is 9.99. The van der Waals surface area contributed by atoms with Gasteiger partial charge in [0.15, 0.2) is 6.61 Å². The van der Waals surface area contributed by atoms with Crippen LogP contribution in [0.5, 0.6) is 5.75 Å². The number of hydrogen-bond donors (Lipinski definition) is 2. The Morgan fingerprint density at radius 1 is 1.10 bits per heavy atom. The number of halogens is 3. The van der Waals surface area contributed by atoms with Crippen molar-refractivity contribution in [3.63, 3.8) is 0 Å². The van der Waals surface area contributed by atoms with Crippen LogP contribution in [0.1, 0.15) is 16.9 Å². The maximum Gasteiger partial charge on any atom is 0.274 e. The van der Waals surface area contributed by atoms with Crippen LogP contribution in [0.4, 0.5) is 8.78 Å². The molecule has 0 radical (unpaired) electrons. The molecule has 31 heavy (non-hydrogen) atoms. The van der Waals surface area contributed by atoms with E-state index < -0.39 is 17.6 Å². The van der Waals surface area contributed by atoms with E-state index in [-0.39, 0.29) is 41.9 Å². The summed E-state index contributed by atoms with van der Waals surface area (Å²) in [5, 5.41) is 5.76. The first-order chi connectivity index (χ1) is 14.8. The molecule has 160 valence electrons. The predicted molar refractivity (Wildman–Crippen MR) is 113 cm³/mol. The smallest absolute Gasteiger partial charge is 0.274 e. The van der Waals surface area contributed by atoms with Crippen molar-refractivity contribution in [1.82, 2.24) is 15.6 Å². The Labute approximate surface area is 181 Å². The lowest BCUT2D eigenvalue weighted by Crippen LogP contribution is -2.31. The first kappa shape index (κ1) is 22.2. The summed E-state index contributed by atoms with van der Waals surface area (Å²) < 4.78 is 31.8. The molecule has 0 spiro atoms. The number of nitrogens with zero attached hydrogens (tertiary/aromatic N) is 1. The summed E-state index contributed by atoms with van der Waals surface area (Å²) in [4.78, 5) is 28.4. The molecule has 9 heteroatoms. The highest BCUT2D eigenvalue weighted by atomic mass is 35.5. The molecule has 0 unspecified atom stereocenters. The van der Waals surface area contributed by atoms with Gasteiger partial charge in [-0.25, -0.2) is 13.8 Å². The van der Waals surface area contributed by atoms with Crippen LogP contribution in [0.3, 0.4) is 0 Å². The number of hydrogen-bond acceptors (Lipinski definition) is 4. The van der Waals surface area contributed by atoms with E-state index in [9.17, 15) is 18.4 Å². The van der Waals surface area contributed by atoms with E-state index >= 15 is 0 Å². The third-order valence-electron chi connectivity index (χ3n) is 4.18. The fourth-order valence-electron chi connectivity index (χ4n) is 2.63. The molecule has 0 aliphatic rings. The third-order valence-corrected chi connectivity index (χ3v) is 4.49. The van der Waals surface area contributed by atoms with Gasteiger partial charge in [-0.2, -0.15) is 0 Å². The number of rotatable bonds is 8. The van der Waals surface area contributed by atoms with Crippen molar-refractivity contribution in [2.24, 2.45) is 0 Å². The normalized spacial score (nSPS) is 10.5. The average molecular weight is 446 g/mol. The van der Waals surface area contributed by atoms with Gasteiger partial charge >= 0.3 is 0 Å². The Morgan fingerprint density at radius 2 is 1.90 bits per heavy atom. The molecule has 0 saturated heterocycles. The molecule has 2 aromatic carbocycles. The number of fused-ring (bicyclic) bond motifs is 1. The molecule has 1 heterocycles. The van der Waals surface area contributed by atoms with E-state index in [0.717, 1.165) is 6.07 Å². The summed E-state index contributed by atoms with van der Waals surface area (Å²) in [5.74, 6) is -1.72. The maximum atomic E-state index is 13.3. The summed E-state index contributed by atoms with van der Waals surface area (Å²) in [6, 6.07) is 11.1. The number of ether oxygens (including phenoxy) is 1. The first-order valence-corrected chi connectivity index (χ1v) is 9.59. The number of pyridine rings is 1. The molecule has 0 aliphatic heterocycles. The minimum atomic E-state index is -0.639. The number of benzene rings is 2. The van der Waals surface area contributed by atoms with Crippen LogP contribution in [0.15, 0.2) is 60.8 Å². The Kier molecular flexibility index (Phi) is 7.15. The van der Waals surface area contributed by atoms with Crippen LogP contribution in [0.25, 0.3) is 10.9 Å². The minimum Gasteiger partial charge on any atom is -0.484 e. The quantitative estimate of drug-likeness (QED) is 0.549. The second-order valence-corrected chi connectivity index (χ2v) is 6.96. The topological polar surface area (TPSA) is 80.3 Å². The Balaban J connectivity index is 1.42. The summed E-state index contributed by atoms with van der Waals surface area (Å²) in [6.07, 6.45) is 0.284. The second-order valence-electron chi connectivity index (χ2n) is 6.56. The monoisotopic (exact) mass is 445 g/mol. The average Bonchev–Trinajstić information content (AvgIpc) is 2.74. The van der Waals surface area contributed by atoms with Crippen molar-refractivity contribution in [2.75, 3.05) is 13.2 Å². The molecule has 0 saturated carbocycles. The van der Waals surface area contributed by atoms with Crippen LogP contribution in [0.2, 0.25) is 5.02 Å². The van der Waals surface area contributed by atoms with Gasteiger partial charge < -0.3 is 15.4 Å². The number of amides is 2. The van der Waals surface area contributed by atoms with Crippen LogP contribution >= 0.6 is 11.6 Å². The zero-order valence-electron chi connectivity index (χ0n) is 16.3. The van der Waals surface area contributed by atoms with Crippen molar-refractivity contribution >= 4 is 34.3 Å². The van der Waals surface area contributed by atoms with Gasteiger partial charge in [-0.05, 0) is 36.4 Å². The lowest BCUT2D eigenvalue weighted by molar-refractivity contribution is -0.123. The van der Waals surface area contributed by atoms with E-state index in [1.54, 1.807) is 6.07 Å². The molecule has 0 fully saturated rings. The maximum absolute atomic E-state index is 13.3. The Bertz CT molecular complexity index is 1150. The predicted octanol–water partition coefficient (Wildman–Crippen LogP) is 4.00. The number of aromatic nitrogens is 1. The van der Waals surface area contributed by atoms with Crippen molar-refractivity contribution < 1.29 is 23.1 Å². The van der Waals surface area contributed by atoms with Gasteiger partial charge in [0.25, 0.3) is 11.8 Å². The first-order valence-electron chi connectivity index (χ1n) is 9.22. The highest BCUT2D eigenvalue weighted by Crippen LogP contribution is 2.20. The van der Waals surface area contributed by atoms with Gasteiger partial charge in [-0.15, -0.1) is 0 Å². The zero-order chi connectivity index (χ0) is 22.4. The zero-order valence-corrected chi connectivity index (χ0v) is 17.0. The largest absolute Gasteiger partial charge is 0.484 e. The molecule has 0 atom stereocenters. The molecular formula is C22H18ClF2N3O3. The fourth-order valence-corrected chi connectivity index (χ4v) is 2.75. The van der Waals surface area contributed by atoms with Crippen molar-refractivity contribution in [1.29, 1.82) is 0 Å². The molecule has 3 aromatic rings. The van der Waals surface area contributed by atoms with Gasteiger partial charge in [0.05, 0.1) is 10.5 Å². The fraction of sp³-hybridized carbons (Fsp3) is 0.136. The number of carbonyl (C=O) groups is 2. The molecule has 3 rings (SSSR count). The summed E-state index contributed by atoms with van der Waals surface area (Å²) in [6.45, 7) is 3.66. The minimum absolute atomic E-state index is 0.0369. The SMILES string of the molecule is C=C(CCNC(=O)COc1ccc(Cl)c(F)c1)NC(=O)c1ccc2cc(F)ccc2n1. The van der Waals surface area contributed by atoms with Gasteiger partial charge in [0, 0.05) is 30.1 Å². The summed E-state index contributed by atoms with van der Waals surface area (Å²) in [7, 11) is 0. The van der Waals surface area contributed by atoms with Gasteiger partial charge in [-0.1, -0.05) is 24.2 Å². The molecule has 2 N–H and O–H groups in total. The molecule has 6 nitrogen and oxygen atoms in total. The highest BCUT2D eigenvalue weighted by Gasteiger charge is 2.10. The van der Waals surface area contributed by atoms with E-state index in [4.69, 9.17) is 16.3 Å².